The molecule has 0 amide bonds. The van der Waals surface area contributed by atoms with E-state index in [2.05, 4.69) is 5.32 Å². The molecule has 2 N–H and O–H groups in total. The molecule has 112 valence electrons. The Morgan fingerprint density at radius 2 is 1.95 bits per heavy atom. The number of carbonyl (C=O) groups is 1. The highest BCUT2D eigenvalue weighted by molar-refractivity contribution is 5.76. The molecule has 2 rings (SSSR count). The summed E-state index contributed by atoms with van der Waals surface area (Å²) in [6.07, 6.45) is -3.22. The van der Waals surface area contributed by atoms with Crippen molar-refractivity contribution < 1.29 is 27.5 Å². The molecular formula is C14H12F3NO3. The largest absolute Gasteiger partial charge is 0.480 e. The molecule has 1 atom stereocenters. The summed E-state index contributed by atoms with van der Waals surface area (Å²) in [5.41, 5.74) is -1.30. The minimum Gasteiger partial charge on any atom is -0.480 e. The van der Waals surface area contributed by atoms with Gasteiger partial charge in [-0.15, -0.1) is 0 Å². The second kappa shape index (κ2) is 6.01. The molecule has 1 aromatic carbocycles. The minimum absolute atomic E-state index is 0.0101. The van der Waals surface area contributed by atoms with Crippen LogP contribution in [0.3, 0.4) is 0 Å². The number of aliphatic carboxylic acids is 1. The van der Waals surface area contributed by atoms with E-state index in [0.717, 1.165) is 12.1 Å². The summed E-state index contributed by atoms with van der Waals surface area (Å²) in [5.74, 6) is -0.955. The Kier molecular flexibility index (Phi) is 4.32. The zero-order chi connectivity index (χ0) is 15.5. The predicted molar refractivity (Wildman–Crippen MR) is 67.4 cm³/mol. The molecule has 4 nitrogen and oxygen atoms in total. The number of rotatable bonds is 5. The van der Waals surface area contributed by atoms with E-state index in [1.54, 1.807) is 12.1 Å². The summed E-state index contributed by atoms with van der Waals surface area (Å²) in [6.45, 7) is 0.0101. The van der Waals surface area contributed by atoms with Gasteiger partial charge >= 0.3 is 12.1 Å². The van der Waals surface area contributed by atoms with Crippen LogP contribution in [0.15, 0.2) is 47.1 Å². The van der Waals surface area contributed by atoms with Gasteiger partial charge in [-0.25, -0.2) is 0 Å². The van der Waals surface area contributed by atoms with Crippen molar-refractivity contribution in [3.05, 3.63) is 59.5 Å². The van der Waals surface area contributed by atoms with Gasteiger partial charge in [0.25, 0.3) is 0 Å². The van der Waals surface area contributed by atoms with Crippen LogP contribution in [0, 0.1) is 0 Å². The molecule has 21 heavy (non-hydrogen) atoms. The molecule has 1 unspecified atom stereocenters. The van der Waals surface area contributed by atoms with Crippen LogP contribution in [-0.4, -0.2) is 11.1 Å². The number of halogens is 3. The summed E-state index contributed by atoms with van der Waals surface area (Å²) in [7, 11) is 0. The van der Waals surface area contributed by atoms with E-state index in [1.807, 2.05) is 0 Å². The molecule has 0 fully saturated rings. The number of carboxylic acid groups (broad SMARTS) is 1. The Hall–Kier alpha value is -2.28. The first-order valence-electron chi connectivity index (χ1n) is 6.04. The molecule has 0 aliphatic rings. The molecule has 0 spiro atoms. The Morgan fingerprint density at radius 3 is 2.52 bits per heavy atom. The Labute approximate surface area is 118 Å². The van der Waals surface area contributed by atoms with Crippen molar-refractivity contribution in [2.24, 2.45) is 0 Å². The normalized spacial score (nSPS) is 13.1. The number of alkyl halides is 3. The first-order chi connectivity index (χ1) is 9.89. The van der Waals surface area contributed by atoms with Crippen LogP contribution in [0.5, 0.6) is 0 Å². The molecule has 0 radical (unpaired) electrons. The van der Waals surface area contributed by atoms with Gasteiger partial charge < -0.3 is 9.52 Å². The number of hydrogen-bond acceptors (Lipinski definition) is 3. The summed E-state index contributed by atoms with van der Waals surface area (Å²) in [4.78, 5) is 11.3. The Bertz CT molecular complexity index is 608. The van der Waals surface area contributed by atoms with Crippen molar-refractivity contribution in [2.45, 2.75) is 18.8 Å². The van der Waals surface area contributed by atoms with Crippen molar-refractivity contribution in [2.75, 3.05) is 0 Å². The molecule has 7 heteroatoms. The second-order valence-electron chi connectivity index (χ2n) is 4.32. The van der Waals surface area contributed by atoms with E-state index in [9.17, 15) is 23.1 Å². The maximum atomic E-state index is 12.9. The molecule has 0 saturated heterocycles. The summed E-state index contributed by atoms with van der Waals surface area (Å²) >= 11 is 0. The smallest absolute Gasteiger partial charge is 0.416 e. The minimum atomic E-state index is -4.61. The average molecular weight is 299 g/mol. The van der Waals surface area contributed by atoms with Crippen molar-refractivity contribution >= 4 is 5.97 Å². The highest BCUT2D eigenvalue weighted by atomic mass is 19.4. The molecular weight excluding hydrogens is 287 g/mol. The van der Waals surface area contributed by atoms with E-state index >= 15 is 0 Å². The number of carboxylic acids is 1. The Morgan fingerprint density at radius 1 is 1.24 bits per heavy atom. The van der Waals surface area contributed by atoms with Crippen LogP contribution in [0.25, 0.3) is 0 Å². The molecule has 0 aliphatic carbocycles. The van der Waals surface area contributed by atoms with Crippen LogP contribution < -0.4 is 5.32 Å². The highest BCUT2D eigenvalue weighted by Crippen LogP contribution is 2.34. The van der Waals surface area contributed by atoms with Crippen LogP contribution in [0.2, 0.25) is 0 Å². The maximum absolute atomic E-state index is 12.9. The van der Waals surface area contributed by atoms with Crippen LogP contribution >= 0.6 is 0 Å². The van der Waals surface area contributed by atoms with E-state index in [1.165, 1.54) is 18.4 Å². The molecule has 1 heterocycles. The fourth-order valence-electron chi connectivity index (χ4n) is 1.95. The molecule has 2 aromatic rings. The predicted octanol–water partition coefficient (Wildman–Crippen LogP) is 3.21. The first-order valence-corrected chi connectivity index (χ1v) is 6.04. The van der Waals surface area contributed by atoms with Crippen molar-refractivity contribution in [1.82, 2.24) is 5.32 Å². The van der Waals surface area contributed by atoms with Gasteiger partial charge in [-0.2, -0.15) is 13.2 Å². The molecule has 0 aliphatic heterocycles. The molecule has 0 bridgehead atoms. The van der Waals surface area contributed by atoms with E-state index < -0.39 is 23.8 Å². The van der Waals surface area contributed by atoms with Crippen molar-refractivity contribution in [1.29, 1.82) is 0 Å². The Balaban J connectivity index is 2.28. The average Bonchev–Trinajstić information content (AvgIpc) is 2.91. The van der Waals surface area contributed by atoms with Crippen molar-refractivity contribution in [3.8, 4) is 0 Å². The van der Waals surface area contributed by atoms with E-state index in [-0.39, 0.29) is 12.1 Å². The lowest BCUT2D eigenvalue weighted by Gasteiger charge is -2.19. The van der Waals surface area contributed by atoms with Gasteiger partial charge in [-0.05, 0) is 23.8 Å². The lowest BCUT2D eigenvalue weighted by Crippen LogP contribution is -2.30. The lowest BCUT2D eigenvalue weighted by atomic mass is 10.00. The van der Waals surface area contributed by atoms with Crippen LogP contribution in [0.1, 0.15) is 22.9 Å². The highest BCUT2D eigenvalue weighted by Gasteiger charge is 2.36. The quantitative estimate of drug-likeness (QED) is 0.890. The van der Waals surface area contributed by atoms with Crippen LogP contribution in [-0.2, 0) is 17.5 Å². The maximum Gasteiger partial charge on any atom is 0.416 e. The number of nitrogens with one attached hydrogen (secondary N) is 1. The van der Waals surface area contributed by atoms with Gasteiger partial charge in [0, 0.05) is 0 Å². The van der Waals surface area contributed by atoms with Gasteiger partial charge in [0.1, 0.15) is 11.8 Å². The third-order valence-corrected chi connectivity index (χ3v) is 2.88. The fraction of sp³-hybridized carbons (Fsp3) is 0.214. The summed E-state index contributed by atoms with van der Waals surface area (Å²) < 4.78 is 43.9. The van der Waals surface area contributed by atoms with Gasteiger partial charge in [0.2, 0.25) is 0 Å². The molecule has 1 aromatic heterocycles. The second-order valence-corrected chi connectivity index (χ2v) is 4.32. The number of furan rings is 1. The van der Waals surface area contributed by atoms with E-state index in [0.29, 0.717) is 5.76 Å². The summed E-state index contributed by atoms with van der Waals surface area (Å²) in [5, 5.41) is 11.7. The van der Waals surface area contributed by atoms with Gasteiger partial charge in [-0.3, -0.25) is 10.1 Å². The third-order valence-electron chi connectivity index (χ3n) is 2.88. The topological polar surface area (TPSA) is 62.5 Å². The first kappa shape index (κ1) is 15.1. The SMILES string of the molecule is O=C(O)C(NCc1ccco1)c1ccccc1C(F)(F)F. The summed E-state index contributed by atoms with van der Waals surface area (Å²) in [6, 6.07) is 6.33. The lowest BCUT2D eigenvalue weighted by molar-refractivity contribution is -0.142. The zero-order valence-corrected chi connectivity index (χ0v) is 10.7. The van der Waals surface area contributed by atoms with Crippen molar-refractivity contribution in [3.63, 3.8) is 0 Å². The van der Waals surface area contributed by atoms with Gasteiger partial charge in [-0.1, -0.05) is 18.2 Å². The monoisotopic (exact) mass is 299 g/mol. The molecule has 0 saturated carbocycles. The number of benzene rings is 1. The van der Waals surface area contributed by atoms with Gasteiger partial charge in [0.15, 0.2) is 0 Å². The fourth-order valence-corrected chi connectivity index (χ4v) is 1.95. The standard InChI is InChI=1S/C14H12F3NO3/c15-14(16,17)11-6-2-1-5-10(11)12(13(19)20)18-8-9-4-3-7-21-9/h1-7,12,18H,8H2,(H,19,20). The van der Waals surface area contributed by atoms with E-state index in [4.69, 9.17) is 4.42 Å². The zero-order valence-electron chi connectivity index (χ0n) is 10.7. The third kappa shape index (κ3) is 3.63. The number of hydrogen-bond donors (Lipinski definition) is 2. The van der Waals surface area contributed by atoms with Gasteiger partial charge in [0.05, 0.1) is 18.4 Å². The van der Waals surface area contributed by atoms with Crippen LogP contribution in [0.4, 0.5) is 13.2 Å².